The van der Waals surface area contributed by atoms with E-state index in [0.29, 0.717) is 39.5 Å². The molecule has 4 aromatic rings. The van der Waals surface area contributed by atoms with Gasteiger partial charge >= 0.3 is 5.97 Å². The molecule has 0 saturated heterocycles. The highest BCUT2D eigenvalue weighted by Crippen LogP contribution is 2.45. The molecule has 0 radical (unpaired) electrons. The fourth-order valence-electron chi connectivity index (χ4n) is 3.98. The van der Waals surface area contributed by atoms with Crippen molar-refractivity contribution in [1.29, 1.82) is 0 Å². The number of carbonyl (C=O) groups excluding carboxylic acids is 1. The molecular weight excluding hydrogens is 400 g/mol. The minimum atomic E-state index is -0.436. The molecule has 0 unspecified atom stereocenters. The normalized spacial score (nSPS) is 15.4. The topological polar surface area (TPSA) is 88.1 Å². The van der Waals surface area contributed by atoms with Gasteiger partial charge in [-0.15, -0.1) is 0 Å². The predicted molar refractivity (Wildman–Crippen MR) is 112 cm³/mol. The van der Waals surface area contributed by atoms with Gasteiger partial charge in [0.2, 0.25) is 5.43 Å². The quantitative estimate of drug-likeness (QED) is 0.356. The summed E-state index contributed by atoms with van der Waals surface area (Å²) in [5, 5.41) is 0.282. The van der Waals surface area contributed by atoms with E-state index in [0.717, 1.165) is 0 Å². The van der Waals surface area contributed by atoms with Crippen molar-refractivity contribution in [3.63, 3.8) is 0 Å². The highest BCUT2D eigenvalue weighted by atomic mass is 16.5. The molecule has 0 spiro atoms. The van der Waals surface area contributed by atoms with Crippen LogP contribution in [0.2, 0.25) is 0 Å². The Morgan fingerprint density at radius 3 is 2.48 bits per heavy atom. The van der Waals surface area contributed by atoms with Crippen molar-refractivity contribution < 1.29 is 27.8 Å². The van der Waals surface area contributed by atoms with Crippen LogP contribution >= 0.6 is 0 Å². The van der Waals surface area contributed by atoms with Crippen LogP contribution in [0.1, 0.15) is 23.7 Å². The first kappa shape index (κ1) is 19.0. The van der Waals surface area contributed by atoms with Gasteiger partial charge in [0.15, 0.2) is 0 Å². The van der Waals surface area contributed by atoms with Crippen LogP contribution < -0.4 is 19.6 Å². The Morgan fingerprint density at radius 1 is 1.00 bits per heavy atom. The number of hydrogen-bond acceptors (Lipinski definition) is 7. The second kappa shape index (κ2) is 7.36. The Labute approximate surface area is 176 Å². The standard InChI is InChI=1S/C24H18O7/c1-27-14-7-5-13(6-8-14)16-12-30-24-21-15(17-4-3-9-29-17)10-20(25)31-19(21)11-18(28-2)22(24)23(16)26/h3-9,11-12,15H,10H2,1-2H3/t15-/m1/s1. The first-order valence-corrected chi connectivity index (χ1v) is 9.65. The zero-order valence-electron chi connectivity index (χ0n) is 16.8. The Kier molecular flexibility index (Phi) is 4.51. The van der Waals surface area contributed by atoms with E-state index >= 15 is 0 Å². The number of esters is 1. The van der Waals surface area contributed by atoms with Crippen molar-refractivity contribution in [1.82, 2.24) is 0 Å². The lowest BCUT2D eigenvalue weighted by atomic mass is 9.88. The van der Waals surface area contributed by atoms with Crippen molar-refractivity contribution >= 4 is 16.9 Å². The highest BCUT2D eigenvalue weighted by Gasteiger charge is 2.35. The summed E-state index contributed by atoms with van der Waals surface area (Å²) in [6.45, 7) is 0. The summed E-state index contributed by atoms with van der Waals surface area (Å²) >= 11 is 0. The number of ether oxygens (including phenoxy) is 3. The van der Waals surface area contributed by atoms with Crippen LogP contribution in [0.25, 0.3) is 22.1 Å². The molecule has 156 valence electrons. The molecule has 0 N–H and O–H groups in total. The molecule has 2 aromatic heterocycles. The van der Waals surface area contributed by atoms with E-state index in [2.05, 4.69) is 0 Å². The highest BCUT2D eigenvalue weighted by molar-refractivity contribution is 5.94. The molecule has 0 saturated carbocycles. The molecule has 1 aliphatic heterocycles. The van der Waals surface area contributed by atoms with Crippen molar-refractivity contribution in [2.24, 2.45) is 0 Å². The first-order chi connectivity index (χ1) is 15.1. The second-order valence-electron chi connectivity index (χ2n) is 7.15. The third kappa shape index (κ3) is 3.06. The molecule has 7 heteroatoms. The van der Waals surface area contributed by atoms with Gasteiger partial charge < -0.3 is 23.0 Å². The number of furan rings is 1. The monoisotopic (exact) mass is 418 g/mol. The number of rotatable bonds is 4. The first-order valence-electron chi connectivity index (χ1n) is 9.65. The van der Waals surface area contributed by atoms with Crippen molar-refractivity contribution in [3.05, 3.63) is 76.5 Å². The van der Waals surface area contributed by atoms with Gasteiger partial charge in [-0.3, -0.25) is 9.59 Å². The van der Waals surface area contributed by atoms with Crippen molar-refractivity contribution in [2.45, 2.75) is 12.3 Å². The van der Waals surface area contributed by atoms with Crippen LogP contribution in [0, 0.1) is 0 Å². The molecule has 0 fully saturated rings. The van der Waals surface area contributed by atoms with E-state index < -0.39 is 11.9 Å². The van der Waals surface area contributed by atoms with Crippen LogP contribution in [-0.2, 0) is 4.79 Å². The molecule has 1 aliphatic rings. The third-order valence-electron chi connectivity index (χ3n) is 5.46. The predicted octanol–water partition coefficient (Wildman–Crippen LogP) is 4.51. The van der Waals surface area contributed by atoms with E-state index in [9.17, 15) is 9.59 Å². The van der Waals surface area contributed by atoms with Gasteiger partial charge in [-0.05, 0) is 29.8 Å². The maximum absolute atomic E-state index is 13.5. The number of fused-ring (bicyclic) bond motifs is 3. The van der Waals surface area contributed by atoms with Crippen LogP contribution in [0.3, 0.4) is 0 Å². The molecule has 2 aromatic carbocycles. The maximum atomic E-state index is 13.5. The maximum Gasteiger partial charge on any atom is 0.312 e. The average molecular weight is 418 g/mol. The molecule has 0 aliphatic carbocycles. The molecular formula is C24H18O7. The van der Waals surface area contributed by atoms with Gasteiger partial charge in [0, 0.05) is 11.6 Å². The summed E-state index contributed by atoms with van der Waals surface area (Å²) in [6.07, 6.45) is 3.03. The molecule has 0 amide bonds. The van der Waals surface area contributed by atoms with Crippen LogP contribution in [0.5, 0.6) is 17.2 Å². The number of hydrogen-bond donors (Lipinski definition) is 0. The summed E-state index contributed by atoms with van der Waals surface area (Å²) in [7, 11) is 3.03. The Balaban J connectivity index is 1.78. The molecule has 1 atom stereocenters. The van der Waals surface area contributed by atoms with E-state index in [1.165, 1.54) is 13.4 Å². The zero-order valence-corrected chi connectivity index (χ0v) is 16.8. The number of benzene rings is 2. The van der Waals surface area contributed by atoms with E-state index in [-0.39, 0.29) is 23.0 Å². The minimum Gasteiger partial charge on any atom is -0.497 e. The van der Waals surface area contributed by atoms with E-state index in [4.69, 9.17) is 23.0 Å². The summed E-state index contributed by atoms with van der Waals surface area (Å²) in [6, 6.07) is 12.2. The minimum absolute atomic E-state index is 0.0753. The number of methoxy groups -OCH3 is 2. The molecule has 7 nitrogen and oxygen atoms in total. The van der Waals surface area contributed by atoms with Crippen molar-refractivity contribution in [3.8, 4) is 28.4 Å². The van der Waals surface area contributed by atoms with E-state index in [1.54, 1.807) is 55.8 Å². The number of carbonyl (C=O) groups is 1. The Morgan fingerprint density at radius 2 is 1.81 bits per heavy atom. The smallest absolute Gasteiger partial charge is 0.312 e. The molecule has 31 heavy (non-hydrogen) atoms. The lowest BCUT2D eigenvalue weighted by Crippen LogP contribution is -2.22. The van der Waals surface area contributed by atoms with E-state index in [1.807, 2.05) is 0 Å². The lowest BCUT2D eigenvalue weighted by molar-refractivity contribution is -0.135. The van der Waals surface area contributed by atoms with Gasteiger partial charge in [0.25, 0.3) is 0 Å². The second-order valence-corrected chi connectivity index (χ2v) is 7.15. The van der Waals surface area contributed by atoms with Gasteiger partial charge in [-0.25, -0.2) is 0 Å². The lowest BCUT2D eigenvalue weighted by Gasteiger charge is -2.24. The molecule has 0 bridgehead atoms. The summed E-state index contributed by atoms with van der Waals surface area (Å²) < 4.78 is 27.7. The Bertz CT molecular complexity index is 1330. The summed E-state index contributed by atoms with van der Waals surface area (Å²) in [4.78, 5) is 25.7. The zero-order chi connectivity index (χ0) is 21.5. The molecule has 5 rings (SSSR count). The van der Waals surface area contributed by atoms with Gasteiger partial charge in [-0.1, -0.05) is 12.1 Å². The van der Waals surface area contributed by atoms with Gasteiger partial charge in [0.05, 0.1) is 38.4 Å². The molecule has 3 heterocycles. The van der Waals surface area contributed by atoms with Crippen molar-refractivity contribution in [2.75, 3.05) is 14.2 Å². The van der Waals surface area contributed by atoms with Crippen LogP contribution in [0.15, 0.2) is 68.6 Å². The third-order valence-corrected chi connectivity index (χ3v) is 5.46. The largest absolute Gasteiger partial charge is 0.497 e. The summed E-state index contributed by atoms with van der Waals surface area (Å²) in [5.41, 5.74) is 1.72. The fraction of sp³-hybridized carbons (Fsp3) is 0.167. The van der Waals surface area contributed by atoms with Gasteiger partial charge in [-0.2, -0.15) is 0 Å². The van der Waals surface area contributed by atoms with Gasteiger partial charge in [0.1, 0.15) is 40.2 Å². The average Bonchev–Trinajstić information content (AvgIpc) is 3.33. The van der Waals surface area contributed by atoms with Crippen LogP contribution in [-0.4, -0.2) is 20.2 Å². The summed E-state index contributed by atoms with van der Waals surface area (Å²) in [5.74, 6) is 1.00. The SMILES string of the molecule is COc1ccc(-c2coc3c4c(cc(OC)c3c2=O)OC(=O)C[C@@H]4c2ccco2)cc1. The Hall–Kier alpha value is -4.00. The van der Waals surface area contributed by atoms with Crippen LogP contribution in [0.4, 0.5) is 0 Å². The fourth-order valence-corrected chi connectivity index (χ4v) is 3.98.